The molecule has 1 heterocycles. The van der Waals surface area contributed by atoms with Gasteiger partial charge in [0.1, 0.15) is 11.6 Å². The second-order valence-electron chi connectivity index (χ2n) is 4.90. The van der Waals surface area contributed by atoms with Crippen molar-refractivity contribution in [1.29, 1.82) is 0 Å². The maximum Gasteiger partial charge on any atom is 0.131 e. The van der Waals surface area contributed by atoms with E-state index in [1.54, 1.807) is 0 Å². The highest BCUT2D eigenvalue weighted by molar-refractivity contribution is 5.20. The Hall–Kier alpha value is -1.68. The quantitative estimate of drug-likeness (QED) is 0.876. The number of nitrogens with one attached hydrogen (secondary N) is 1. The number of benzene rings is 1. The van der Waals surface area contributed by atoms with E-state index in [-0.39, 0.29) is 0 Å². The third-order valence-electron chi connectivity index (χ3n) is 2.97. The lowest BCUT2D eigenvalue weighted by Crippen LogP contribution is -2.23. The second kappa shape index (κ2) is 5.97. The van der Waals surface area contributed by atoms with Crippen LogP contribution in [0.2, 0.25) is 0 Å². The number of halogens is 2. The molecule has 19 heavy (non-hydrogen) atoms. The Morgan fingerprint density at radius 2 is 2.00 bits per heavy atom. The molecule has 2 rings (SSSR count). The summed E-state index contributed by atoms with van der Waals surface area (Å²) in [6.45, 7) is 5.29. The molecule has 102 valence electrons. The summed E-state index contributed by atoms with van der Waals surface area (Å²) in [6.07, 6.45) is 1.90. The fraction of sp³-hybridized carbons (Fsp3) is 0.333. The third kappa shape index (κ3) is 3.64. The molecular weight excluding hydrogens is 246 g/mol. The van der Waals surface area contributed by atoms with Crippen molar-refractivity contribution in [2.45, 2.75) is 33.0 Å². The molecular formula is C15H18F2N2. The van der Waals surface area contributed by atoms with E-state index in [0.717, 1.165) is 18.3 Å². The Kier molecular flexibility index (Phi) is 4.32. The summed E-state index contributed by atoms with van der Waals surface area (Å²) in [6, 6.07) is 8.02. The summed E-state index contributed by atoms with van der Waals surface area (Å²) in [5.41, 5.74) is 1.57. The molecule has 0 spiro atoms. The van der Waals surface area contributed by atoms with Gasteiger partial charge in [-0.2, -0.15) is 0 Å². The molecule has 0 atom stereocenters. The van der Waals surface area contributed by atoms with Gasteiger partial charge in [0.2, 0.25) is 0 Å². The maximum absolute atomic E-state index is 13.6. The third-order valence-corrected chi connectivity index (χ3v) is 2.97. The molecule has 0 aliphatic heterocycles. The molecule has 4 heteroatoms. The van der Waals surface area contributed by atoms with Crippen molar-refractivity contribution < 1.29 is 8.78 Å². The summed E-state index contributed by atoms with van der Waals surface area (Å²) < 4.78 is 28.4. The lowest BCUT2D eigenvalue weighted by atomic mass is 10.2. The van der Waals surface area contributed by atoms with Gasteiger partial charge in [-0.15, -0.1) is 0 Å². The minimum absolute atomic E-state index is 0.394. The SMILES string of the molecule is CC(C)NCc1cccn1Cc1ccc(F)cc1F. The molecule has 2 nitrogen and oxygen atoms in total. The first-order valence-corrected chi connectivity index (χ1v) is 6.37. The molecule has 0 fully saturated rings. The lowest BCUT2D eigenvalue weighted by molar-refractivity contribution is 0.548. The smallest absolute Gasteiger partial charge is 0.131 e. The molecule has 1 aromatic carbocycles. The van der Waals surface area contributed by atoms with Crippen molar-refractivity contribution in [2.75, 3.05) is 0 Å². The number of aromatic nitrogens is 1. The van der Waals surface area contributed by atoms with Gasteiger partial charge in [0.25, 0.3) is 0 Å². The molecule has 0 aliphatic carbocycles. The normalized spacial score (nSPS) is 11.2. The van der Waals surface area contributed by atoms with Gasteiger partial charge in [0, 0.05) is 36.1 Å². The Morgan fingerprint density at radius 1 is 1.21 bits per heavy atom. The second-order valence-corrected chi connectivity index (χ2v) is 4.90. The highest BCUT2D eigenvalue weighted by Crippen LogP contribution is 2.13. The summed E-state index contributed by atoms with van der Waals surface area (Å²) in [5.74, 6) is -1.05. The van der Waals surface area contributed by atoms with Gasteiger partial charge in [0.15, 0.2) is 0 Å². The summed E-state index contributed by atoms with van der Waals surface area (Å²) in [5, 5.41) is 3.32. The highest BCUT2D eigenvalue weighted by Gasteiger charge is 2.07. The van der Waals surface area contributed by atoms with Gasteiger partial charge in [-0.05, 0) is 18.2 Å². The highest BCUT2D eigenvalue weighted by atomic mass is 19.1. The Morgan fingerprint density at radius 3 is 2.68 bits per heavy atom. The van der Waals surface area contributed by atoms with Crippen molar-refractivity contribution in [3.8, 4) is 0 Å². The van der Waals surface area contributed by atoms with Crippen molar-refractivity contribution in [3.63, 3.8) is 0 Å². The van der Waals surface area contributed by atoms with Crippen LogP contribution in [-0.2, 0) is 13.1 Å². The van der Waals surface area contributed by atoms with Crippen LogP contribution >= 0.6 is 0 Å². The molecule has 2 aromatic rings. The van der Waals surface area contributed by atoms with Crippen LogP contribution in [0.3, 0.4) is 0 Å². The van der Waals surface area contributed by atoms with Crippen molar-refractivity contribution >= 4 is 0 Å². The molecule has 0 amide bonds. The summed E-state index contributed by atoms with van der Waals surface area (Å²) in [4.78, 5) is 0. The fourth-order valence-corrected chi connectivity index (χ4v) is 1.91. The topological polar surface area (TPSA) is 17.0 Å². The lowest BCUT2D eigenvalue weighted by Gasteiger charge is -2.12. The number of hydrogen-bond donors (Lipinski definition) is 1. The largest absolute Gasteiger partial charge is 0.346 e. The Balaban J connectivity index is 2.12. The first-order chi connectivity index (χ1) is 9.06. The monoisotopic (exact) mass is 264 g/mol. The van der Waals surface area contributed by atoms with Crippen LogP contribution in [0.5, 0.6) is 0 Å². The van der Waals surface area contributed by atoms with Gasteiger partial charge in [0.05, 0.1) is 6.54 Å². The molecule has 0 saturated heterocycles. The average molecular weight is 264 g/mol. The Bertz CT molecular complexity index is 547. The van der Waals surface area contributed by atoms with Gasteiger partial charge in [-0.1, -0.05) is 19.9 Å². The first-order valence-electron chi connectivity index (χ1n) is 6.37. The fourth-order valence-electron chi connectivity index (χ4n) is 1.91. The van der Waals surface area contributed by atoms with Crippen molar-refractivity contribution in [3.05, 3.63) is 59.4 Å². The van der Waals surface area contributed by atoms with Gasteiger partial charge < -0.3 is 9.88 Å². The van der Waals surface area contributed by atoms with Crippen LogP contribution in [0.15, 0.2) is 36.5 Å². The van der Waals surface area contributed by atoms with Crippen LogP contribution in [0, 0.1) is 11.6 Å². The first kappa shape index (κ1) is 13.7. The molecule has 0 saturated carbocycles. The van der Waals surface area contributed by atoms with E-state index in [2.05, 4.69) is 19.2 Å². The zero-order chi connectivity index (χ0) is 13.8. The van der Waals surface area contributed by atoms with E-state index in [1.807, 2.05) is 22.9 Å². The average Bonchev–Trinajstić information content (AvgIpc) is 2.77. The summed E-state index contributed by atoms with van der Waals surface area (Å²) >= 11 is 0. The zero-order valence-corrected chi connectivity index (χ0v) is 11.2. The molecule has 0 bridgehead atoms. The van der Waals surface area contributed by atoms with Gasteiger partial charge >= 0.3 is 0 Å². The van der Waals surface area contributed by atoms with E-state index in [1.165, 1.54) is 12.1 Å². The Labute approximate surface area is 112 Å². The van der Waals surface area contributed by atoms with Crippen LogP contribution in [0.25, 0.3) is 0 Å². The van der Waals surface area contributed by atoms with Crippen LogP contribution in [0.1, 0.15) is 25.1 Å². The van der Waals surface area contributed by atoms with Crippen molar-refractivity contribution in [2.24, 2.45) is 0 Å². The molecule has 0 aliphatic rings. The van der Waals surface area contributed by atoms with Gasteiger partial charge in [-0.25, -0.2) is 8.78 Å². The molecule has 1 N–H and O–H groups in total. The number of rotatable bonds is 5. The molecule has 0 unspecified atom stereocenters. The predicted molar refractivity (Wildman–Crippen MR) is 71.9 cm³/mol. The van der Waals surface area contributed by atoms with E-state index in [4.69, 9.17) is 0 Å². The van der Waals surface area contributed by atoms with Crippen LogP contribution in [-0.4, -0.2) is 10.6 Å². The predicted octanol–water partition coefficient (Wildman–Crippen LogP) is 3.31. The summed E-state index contributed by atoms with van der Waals surface area (Å²) in [7, 11) is 0. The maximum atomic E-state index is 13.6. The van der Waals surface area contributed by atoms with E-state index < -0.39 is 11.6 Å². The van der Waals surface area contributed by atoms with E-state index in [9.17, 15) is 8.78 Å². The van der Waals surface area contributed by atoms with Crippen LogP contribution in [0.4, 0.5) is 8.78 Å². The van der Waals surface area contributed by atoms with E-state index >= 15 is 0 Å². The van der Waals surface area contributed by atoms with E-state index in [0.29, 0.717) is 18.2 Å². The number of nitrogens with zero attached hydrogens (tertiary/aromatic N) is 1. The standard InChI is InChI=1S/C15H18F2N2/c1-11(2)18-9-14-4-3-7-19(14)10-12-5-6-13(16)8-15(12)17/h3-8,11,18H,9-10H2,1-2H3. The molecule has 1 aromatic heterocycles. The van der Waals surface area contributed by atoms with Crippen LogP contribution < -0.4 is 5.32 Å². The minimum Gasteiger partial charge on any atom is -0.346 e. The number of hydrogen-bond acceptors (Lipinski definition) is 1. The molecule has 0 radical (unpaired) electrons. The van der Waals surface area contributed by atoms with Crippen molar-refractivity contribution in [1.82, 2.24) is 9.88 Å². The zero-order valence-electron chi connectivity index (χ0n) is 11.2. The van der Waals surface area contributed by atoms with Gasteiger partial charge in [-0.3, -0.25) is 0 Å². The minimum atomic E-state index is -0.546.